The first-order chi connectivity index (χ1) is 6.04. The van der Waals surface area contributed by atoms with E-state index in [4.69, 9.17) is 0 Å². The molecule has 0 amide bonds. The second kappa shape index (κ2) is 6.17. The van der Waals surface area contributed by atoms with Crippen molar-refractivity contribution in [3.63, 3.8) is 0 Å². The highest BCUT2D eigenvalue weighted by atomic mass is 16.3. The molecular weight excluding hydrogens is 164 g/mol. The van der Waals surface area contributed by atoms with Crippen LogP contribution in [0, 0.1) is 11.8 Å². The molecule has 0 aliphatic rings. The fourth-order valence-corrected chi connectivity index (χ4v) is 1.43. The summed E-state index contributed by atoms with van der Waals surface area (Å²) in [6, 6.07) is 0. The van der Waals surface area contributed by atoms with Gasteiger partial charge >= 0.3 is 0 Å². The van der Waals surface area contributed by atoms with Crippen LogP contribution >= 0.6 is 0 Å². The summed E-state index contributed by atoms with van der Waals surface area (Å²) < 4.78 is 0. The molecule has 0 aliphatic carbocycles. The minimum absolute atomic E-state index is 0.0686. The summed E-state index contributed by atoms with van der Waals surface area (Å²) in [6.45, 7) is 9.49. The Morgan fingerprint density at radius 1 is 1.23 bits per heavy atom. The first-order valence-electron chi connectivity index (χ1n) is 5.03. The van der Waals surface area contributed by atoms with Crippen LogP contribution in [0.2, 0.25) is 0 Å². The van der Waals surface area contributed by atoms with Crippen LogP contribution in [0.4, 0.5) is 0 Å². The van der Waals surface area contributed by atoms with Crippen LogP contribution in [0.25, 0.3) is 0 Å². The van der Waals surface area contributed by atoms with Crippen LogP contribution in [0.3, 0.4) is 0 Å². The Hall–Kier alpha value is -0.340. The SMILES string of the molecule is C=CC(O)C(C)C(C)C(O)CCC. The van der Waals surface area contributed by atoms with Crippen molar-refractivity contribution in [1.29, 1.82) is 0 Å². The molecule has 2 N–H and O–H groups in total. The largest absolute Gasteiger partial charge is 0.393 e. The number of hydrogen-bond donors (Lipinski definition) is 2. The second-order valence-corrected chi connectivity index (χ2v) is 3.80. The van der Waals surface area contributed by atoms with E-state index < -0.39 is 6.10 Å². The van der Waals surface area contributed by atoms with Gasteiger partial charge in [0, 0.05) is 0 Å². The zero-order chi connectivity index (χ0) is 10.4. The molecule has 2 nitrogen and oxygen atoms in total. The van der Waals surface area contributed by atoms with Crippen molar-refractivity contribution in [1.82, 2.24) is 0 Å². The Balaban J connectivity index is 4.06. The predicted molar refractivity (Wildman–Crippen MR) is 55.4 cm³/mol. The Kier molecular flexibility index (Phi) is 6.00. The third kappa shape index (κ3) is 3.92. The maximum absolute atomic E-state index is 9.69. The van der Waals surface area contributed by atoms with Crippen LogP contribution in [0.5, 0.6) is 0 Å². The molecule has 78 valence electrons. The molecule has 0 radical (unpaired) electrons. The van der Waals surface area contributed by atoms with Crippen molar-refractivity contribution in [2.75, 3.05) is 0 Å². The Morgan fingerprint density at radius 3 is 2.15 bits per heavy atom. The van der Waals surface area contributed by atoms with Gasteiger partial charge in [-0.1, -0.05) is 33.3 Å². The average Bonchev–Trinajstić information content (AvgIpc) is 2.14. The number of hydrogen-bond acceptors (Lipinski definition) is 2. The van der Waals surface area contributed by atoms with Gasteiger partial charge in [0.2, 0.25) is 0 Å². The van der Waals surface area contributed by atoms with Crippen LogP contribution in [0.15, 0.2) is 12.7 Å². The molecule has 2 heteroatoms. The Morgan fingerprint density at radius 2 is 1.77 bits per heavy atom. The van der Waals surface area contributed by atoms with Gasteiger partial charge < -0.3 is 10.2 Å². The lowest BCUT2D eigenvalue weighted by atomic mass is 9.85. The second-order valence-electron chi connectivity index (χ2n) is 3.80. The average molecular weight is 186 g/mol. The quantitative estimate of drug-likeness (QED) is 0.623. The van der Waals surface area contributed by atoms with Crippen molar-refractivity contribution in [2.45, 2.75) is 45.8 Å². The summed E-state index contributed by atoms with van der Waals surface area (Å²) in [5.41, 5.74) is 0. The van der Waals surface area contributed by atoms with E-state index in [0.29, 0.717) is 0 Å². The van der Waals surface area contributed by atoms with Crippen LogP contribution in [-0.4, -0.2) is 22.4 Å². The number of aliphatic hydroxyl groups is 2. The summed E-state index contributed by atoms with van der Waals surface area (Å²) in [6.07, 6.45) is 2.48. The molecular formula is C11H22O2. The smallest absolute Gasteiger partial charge is 0.0747 e. The first kappa shape index (κ1) is 12.7. The van der Waals surface area contributed by atoms with E-state index >= 15 is 0 Å². The summed E-state index contributed by atoms with van der Waals surface area (Å²) in [7, 11) is 0. The fourth-order valence-electron chi connectivity index (χ4n) is 1.43. The van der Waals surface area contributed by atoms with E-state index in [1.165, 1.54) is 6.08 Å². The van der Waals surface area contributed by atoms with Gasteiger partial charge in [-0.15, -0.1) is 6.58 Å². The first-order valence-corrected chi connectivity index (χ1v) is 5.03. The molecule has 0 fully saturated rings. The van der Waals surface area contributed by atoms with E-state index in [1.54, 1.807) is 0 Å². The molecule has 0 aromatic heterocycles. The van der Waals surface area contributed by atoms with Gasteiger partial charge in [0.1, 0.15) is 0 Å². The molecule has 0 rings (SSSR count). The predicted octanol–water partition coefficient (Wildman–Crippen LogP) is 1.97. The van der Waals surface area contributed by atoms with Gasteiger partial charge in [-0.3, -0.25) is 0 Å². The zero-order valence-corrected chi connectivity index (χ0v) is 8.90. The fraction of sp³-hybridized carbons (Fsp3) is 0.818. The maximum atomic E-state index is 9.69. The molecule has 0 aromatic carbocycles. The highest BCUT2D eigenvalue weighted by Gasteiger charge is 2.23. The maximum Gasteiger partial charge on any atom is 0.0747 e. The molecule has 0 aliphatic heterocycles. The molecule has 4 atom stereocenters. The lowest BCUT2D eigenvalue weighted by molar-refractivity contribution is 0.0368. The number of rotatable bonds is 6. The monoisotopic (exact) mass is 186 g/mol. The molecule has 13 heavy (non-hydrogen) atoms. The van der Waals surface area contributed by atoms with E-state index in [9.17, 15) is 10.2 Å². The molecule has 0 aromatic rings. The molecule has 0 heterocycles. The molecule has 4 unspecified atom stereocenters. The summed E-state index contributed by atoms with van der Waals surface area (Å²) >= 11 is 0. The summed E-state index contributed by atoms with van der Waals surface area (Å²) in [5.74, 6) is 0.187. The van der Waals surface area contributed by atoms with Crippen LogP contribution in [-0.2, 0) is 0 Å². The molecule has 0 saturated heterocycles. The third-order valence-electron chi connectivity index (χ3n) is 2.80. The van der Waals surface area contributed by atoms with Gasteiger partial charge in [-0.05, 0) is 18.3 Å². The van der Waals surface area contributed by atoms with E-state index in [2.05, 4.69) is 6.58 Å². The van der Waals surface area contributed by atoms with Gasteiger partial charge in [-0.25, -0.2) is 0 Å². The molecule has 0 spiro atoms. The topological polar surface area (TPSA) is 40.5 Å². The van der Waals surface area contributed by atoms with Crippen LogP contribution in [0.1, 0.15) is 33.6 Å². The van der Waals surface area contributed by atoms with Crippen LogP contribution < -0.4 is 0 Å². The number of aliphatic hydroxyl groups excluding tert-OH is 2. The Bertz CT molecular complexity index is 145. The normalized spacial score (nSPS) is 20.4. The van der Waals surface area contributed by atoms with Crippen molar-refractivity contribution in [3.8, 4) is 0 Å². The van der Waals surface area contributed by atoms with Crippen molar-refractivity contribution < 1.29 is 10.2 Å². The summed E-state index contributed by atoms with van der Waals surface area (Å²) in [5, 5.41) is 19.2. The highest BCUT2D eigenvalue weighted by Crippen LogP contribution is 2.21. The lowest BCUT2D eigenvalue weighted by Gasteiger charge is -2.27. The Labute approximate surface area is 81.3 Å². The van der Waals surface area contributed by atoms with Gasteiger partial charge in [0.05, 0.1) is 12.2 Å². The van der Waals surface area contributed by atoms with E-state index in [-0.39, 0.29) is 17.9 Å². The lowest BCUT2D eigenvalue weighted by Crippen LogP contribution is -2.30. The zero-order valence-electron chi connectivity index (χ0n) is 8.90. The molecule has 0 saturated carbocycles. The van der Waals surface area contributed by atoms with Crippen molar-refractivity contribution >= 4 is 0 Å². The molecule has 0 bridgehead atoms. The van der Waals surface area contributed by atoms with Gasteiger partial charge in [0.15, 0.2) is 0 Å². The van der Waals surface area contributed by atoms with E-state index in [1.807, 2.05) is 20.8 Å². The van der Waals surface area contributed by atoms with E-state index in [0.717, 1.165) is 12.8 Å². The van der Waals surface area contributed by atoms with Gasteiger partial charge in [0.25, 0.3) is 0 Å². The van der Waals surface area contributed by atoms with Gasteiger partial charge in [-0.2, -0.15) is 0 Å². The standard InChI is InChI=1S/C11H22O2/c1-5-7-11(13)9(4)8(3)10(12)6-2/h6,8-13H,2,5,7H2,1,3-4H3. The van der Waals surface area contributed by atoms with Crippen molar-refractivity contribution in [3.05, 3.63) is 12.7 Å². The highest BCUT2D eigenvalue weighted by molar-refractivity contribution is 4.86. The summed E-state index contributed by atoms with van der Waals surface area (Å²) in [4.78, 5) is 0. The third-order valence-corrected chi connectivity index (χ3v) is 2.80. The minimum atomic E-state index is -0.512. The van der Waals surface area contributed by atoms with Crippen molar-refractivity contribution in [2.24, 2.45) is 11.8 Å². The minimum Gasteiger partial charge on any atom is -0.393 e.